The van der Waals surface area contributed by atoms with Crippen LogP contribution in [-0.2, 0) is 32.0 Å². The molecule has 5 amide bonds. The number of piperidine rings is 1. The Kier molecular flexibility index (Phi) is 10.6. The number of amides is 5. The highest BCUT2D eigenvalue weighted by Crippen LogP contribution is 2.43. The van der Waals surface area contributed by atoms with Gasteiger partial charge in [-0.1, -0.05) is 12.1 Å². The lowest BCUT2D eigenvalue weighted by molar-refractivity contribution is -0.134. The molecule has 2 aliphatic rings. The quantitative estimate of drug-likeness (QED) is 0.141. The largest absolute Gasteiger partial charge is 0.493 e. The molecule has 2 aromatic carbocycles. The molecule has 1 saturated heterocycles. The van der Waals surface area contributed by atoms with Crippen LogP contribution in [0, 0.1) is 0 Å². The van der Waals surface area contributed by atoms with E-state index >= 15 is 0 Å². The summed E-state index contributed by atoms with van der Waals surface area (Å²) in [6, 6.07) is 14.2. The minimum Gasteiger partial charge on any atom is -0.493 e. The zero-order valence-corrected chi connectivity index (χ0v) is 30.2. The van der Waals surface area contributed by atoms with Crippen molar-refractivity contribution in [3.05, 3.63) is 88.1 Å². The molecule has 4 heterocycles. The second-order valence-electron chi connectivity index (χ2n) is 13.3. The van der Waals surface area contributed by atoms with Gasteiger partial charge in [-0.2, -0.15) is 0 Å². The summed E-state index contributed by atoms with van der Waals surface area (Å²) in [5.41, 5.74) is 2.65. The van der Waals surface area contributed by atoms with Crippen molar-refractivity contribution in [1.82, 2.24) is 20.9 Å². The molecule has 53 heavy (non-hydrogen) atoms. The Morgan fingerprint density at radius 2 is 1.74 bits per heavy atom. The topological polar surface area (TPSA) is 191 Å². The van der Waals surface area contributed by atoms with Crippen LogP contribution in [0.4, 0.5) is 10.5 Å². The van der Waals surface area contributed by atoms with Crippen molar-refractivity contribution in [2.24, 2.45) is 0 Å². The lowest BCUT2D eigenvalue weighted by atomic mass is 9.93. The molecule has 0 spiro atoms. The molecular formula is C38H37N5O9S. The SMILES string of the molecule is COC(=O)c1nc(C(=O)NC2CCC(=O)NC2=O)ccc1-c1cc2c(cc1C(=O)Nc1ccc(CNC(=O)OC(C)(C)C)cc1)-c1sccc1CCO2. The number of pyridine rings is 1. The maximum atomic E-state index is 14.2. The Bertz CT molecular complexity index is 2120. The van der Waals surface area contributed by atoms with Gasteiger partial charge in [-0.3, -0.25) is 24.5 Å². The highest BCUT2D eigenvalue weighted by molar-refractivity contribution is 7.13. The van der Waals surface area contributed by atoms with E-state index in [1.165, 1.54) is 30.6 Å². The first-order valence-corrected chi connectivity index (χ1v) is 17.7. The second kappa shape index (κ2) is 15.3. The molecule has 6 rings (SSSR count). The first kappa shape index (κ1) is 36.7. The molecule has 14 nitrogen and oxygen atoms in total. The van der Waals surface area contributed by atoms with E-state index in [1.807, 2.05) is 11.4 Å². The number of hydrogen-bond acceptors (Lipinski definition) is 11. The first-order valence-electron chi connectivity index (χ1n) is 16.8. The van der Waals surface area contributed by atoms with Crippen molar-refractivity contribution in [2.75, 3.05) is 19.0 Å². The Hall–Kier alpha value is -6.09. The number of carbonyl (C=O) groups is 6. The molecule has 0 saturated carbocycles. The van der Waals surface area contributed by atoms with E-state index in [1.54, 1.807) is 57.2 Å². The van der Waals surface area contributed by atoms with Crippen LogP contribution in [0.3, 0.4) is 0 Å². The summed E-state index contributed by atoms with van der Waals surface area (Å²) in [5, 5.41) is 12.4. The highest BCUT2D eigenvalue weighted by atomic mass is 32.1. The minimum atomic E-state index is -0.960. The molecule has 0 aliphatic carbocycles. The zero-order valence-electron chi connectivity index (χ0n) is 29.4. The molecule has 15 heteroatoms. The number of esters is 1. The van der Waals surface area contributed by atoms with Gasteiger partial charge in [0, 0.05) is 52.2 Å². The fourth-order valence-corrected chi connectivity index (χ4v) is 6.82. The maximum absolute atomic E-state index is 14.2. The number of methoxy groups -OCH3 is 1. The van der Waals surface area contributed by atoms with Crippen LogP contribution in [-0.4, -0.2) is 66.0 Å². The van der Waals surface area contributed by atoms with Gasteiger partial charge in [0.05, 0.1) is 13.7 Å². The monoisotopic (exact) mass is 739 g/mol. The van der Waals surface area contributed by atoms with Gasteiger partial charge in [-0.25, -0.2) is 14.6 Å². The van der Waals surface area contributed by atoms with Crippen LogP contribution < -0.4 is 26.0 Å². The van der Waals surface area contributed by atoms with E-state index in [-0.39, 0.29) is 41.9 Å². The van der Waals surface area contributed by atoms with Crippen molar-refractivity contribution in [2.45, 2.75) is 58.2 Å². The van der Waals surface area contributed by atoms with Crippen molar-refractivity contribution in [3.8, 4) is 27.3 Å². The van der Waals surface area contributed by atoms with Gasteiger partial charge in [-0.05, 0) is 86.2 Å². The first-order chi connectivity index (χ1) is 25.3. The number of nitrogens with one attached hydrogen (secondary N) is 4. The molecule has 1 atom stereocenters. The fraction of sp³-hybridized carbons (Fsp3) is 0.289. The van der Waals surface area contributed by atoms with Crippen LogP contribution in [0.5, 0.6) is 5.75 Å². The Balaban J connectivity index is 1.34. The van der Waals surface area contributed by atoms with Gasteiger partial charge in [0.15, 0.2) is 5.69 Å². The molecule has 4 aromatic rings. The van der Waals surface area contributed by atoms with E-state index in [0.717, 1.165) is 16.0 Å². The number of anilines is 1. The van der Waals surface area contributed by atoms with E-state index in [2.05, 4.69) is 26.3 Å². The average molecular weight is 740 g/mol. The van der Waals surface area contributed by atoms with E-state index in [4.69, 9.17) is 14.2 Å². The number of nitrogens with zero attached hydrogens (tertiary/aromatic N) is 1. The Morgan fingerprint density at radius 1 is 0.962 bits per heavy atom. The fourth-order valence-electron chi connectivity index (χ4n) is 5.84. The van der Waals surface area contributed by atoms with Gasteiger partial charge in [0.25, 0.3) is 11.8 Å². The smallest absolute Gasteiger partial charge is 0.407 e. The number of hydrogen-bond donors (Lipinski definition) is 4. The normalized spacial score (nSPS) is 15.1. The van der Waals surface area contributed by atoms with Gasteiger partial charge in [0.1, 0.15) is 23.1 Å². The number of benzene rings is 2. The van der Waals surface area contributed by atoms with Gasteiger partial charge in [-0.15, -0.1) is 11.3 Å². The second-order valence-corrected chi connectivity index (χ2v) is 14.3. The van der Waals surface area contributed by atoms with E-state index < -0.39 is 47.3 Å². The number of ether oxygens (including phenoxy) is 3. The van der Waals surface area contributed by atoms with Crippen molar-refractivity contribution in [1.29, 1.82) is 0 Å². The van der Waals surface area contributed by atoms with Crippen molar-refractivity contribution in [3.63, 3.8) is 0 Å². The van der Waals surface area contributed by atoms with Crippen LogP contribution in [0.1, 0.15) is 76.1 Å². The third kappa shape index (κ3) is 8.52. The molecule has 4 N–H and O–H groups in total. The van der Waals surface area contributed by atoms with Gasteiger partial charge >= 0.3 is 12.1 Å². The molecule has 274 valence electrons. The summed E-state index contributed by atoms with van der Waals surface area (Å²) < 4.78 is 16.5. The summed E-state index contributed by atoms with van der Waals surface area (Å²) in [4.78, 5) is 81.8. The summed E-state index contributed by atoms with van der Waals surface area (Å²) in [6.07, 6.45) is 0.284. The number of alkyl carbamates (subject to hydrolysis) is 1. The van der Waals surface area contributed by atoms with E-state index in [9.17, 15) is 28.8 Å². The molecule has 0 bridgehead atoms. The molecule has 1 unspecified atom stereocenters. The third-order valence-electron chi connectivity index (χ3n) is 8.37. The Labute approximate surface area is 308 Å². The van der Waals surface area contributed by atoms with Gasteiger partial charge < -0.3 is 30.2 Å². The van der Waals surface area contributed by atoms with Crippen LogP contribution >= 0.6 is 11.3 Å². The predicted octanol–water partition coefficient (Wildman–Crippen LogP) is 5.01. The molecule has 2 aliphatic heterocycles. The Morgan fingerprint density at radius 3 is 2.45 bits per heavy atom. The summed E-state index contributed by atoms with van der Waals surface area (Å²) >= 11 is 1.52. The number of fused-ring (bicyclic) bond motifs is 3. The van der Waals surface area contributed by atoms with Crippen molar-refractivity contribution >= 4 is 52.7 Å². The number of aromatic nitrogens is 1. The highest BCUT2D eigenvalue weighted by Gasteiger charge is 2.30. The standard InChI is InChI=1S/C38H37N5O9S/c1-38(2,3)52-37(49)39-19-20-5-7-22(8-6-20)40-33(45)25-17-26-29(51-15-13-21-14-16-53-32(21)26)18-24(25)23-9-10-27(41-31(23)36(48)50-4)34(46)42-28-11-12-30(44)43-35(28)47/h5-10,14,16-18,28H,11-13,15,19H2,1-4H3,(H,39,49)(H,40,45)(H,42,46)(H,43,44,47). The summed E-state index contributed by atoms with van der Waals surface area (Å²) in [6.45, 7) is 5.93. The number of thiophene rings is 1. The lowest BCUT2D eigenvalue weighted by Crippen LogP contribution is -2.52. The number of carbonyl (C=O) groups excluding carboxylic acids is 6. The third-order valence-corrected chi connectivity index (χ3v) is 9.36. The van der Waals surface area contributed by atoms with Gasteiger partial charge in [0.2, 0.25) is 11.8 Å². The number of imide groups is 1. The lowest BCUT2D eigenvalue weighted by Gasteiger charge is -2.22. The minimum absolute atomic E-state index is 0.0596. The number of rotatable bonds is 8. The summed E-state index contributed by atoms with van der Waals surface area (Å²) in [5.74, 6) is -2.68. The molecule has 1 fully saturated rings. The molecule has 2 aromatic heterocycles. The maximum Gasteiger partial charge on any atom is 0.407 e. The van der Waals surface area contributed by atoms with Crippen LogP contribution in [0.2, 0.25) is 0 Å². The molecular weight excluding hydrogens is 703 g/mol. The van der Waals surface area contributed by atoms with Crippen molar-refractivity contribution < 1.29 is 43.0 Å². The molecule has 0 radical (unpaired) electrons. The van der Waals surface area contributed by atoms with E-state index in [0.29, 0.717) is 35.6 Å². The zero-order chi connectivity index (χ0) is 37.9. The van der Waals surface area contributed by atoms with Crippen LogP contribution in [0.15, 0.2) is 60.0 Å². The average Bonchev–Trinajstić information content (AvgIpc) is 3.52. The van der Waals surface area contributed by atoms with Crippen LogP contribution in [0.25, 0.3) is 21.6 Å². The summed E-state index contributed by atoms with van der Waals surface area (Å²) in [7, 11) is 1.17. The predicted molar refractivity (Wildman–Crippen MR) is 195 cm³/mol.